The van der Waals surface area contributed by atoms with E-state index in [1.807, 2.05) is 0 Å². The molecule has 4 unspecified atom stereocenters. The highest BCUT2D eigenvalue weighted by molar-refractivity contribution is 5.00. The van der Waals surface area contributed by atoms with Crippen LogP contribution in [-0.2, 0) is 0 Å². The van der Waals surface area contributed by atoms with Crippen molar-refractivity contribution in [3.63, 3.8) is 0 Å². The lowest BCUT2D eigenvalue weighted by atomic mass is 9.70. The van der Waals surface area contributed by atoms with Crippen molar-refractivity contribution in [1.29, 1.82) is 0 Å². The van der Waals surface area contributed by atoms with E-state index >= 15 is 0 Å². The molecule has 0 aliphatic carbocycles. The Hall–Kier alpha value is -0.240. The molecule has 38 heavy (non-hydrogen) atoms. The summed E-state index contributed by atoms with van der Waals surface area (Å²) in [6, 6.07) is 2.45. The van der Waals surface area contributed by atoms with Crippen molar-refractivity contribution in [3.8, 4) is 0 Å². The van der Waals surface area contributed by atoms with E-state index in [1.165, 1.54) is 97.3 Å². The molecule has 0 saturated carbocycles. The van der Waals surface area contributed by atoms with Crippen LogP contribution in [-0.4, -0.2) is 132 Å². The van der Waals surface area contributed by atoms with Crippen molar-refractivity contribution in [3.05, 3.63) is 0 Å². The molecule has 1 N–H and O–H groups in total. The molecule has 220 valence electrons. The molecule has 0 spiro atoms. The summed E-state index contributed by atoms with van der Waals surface area (Å²) in [7, 11) is 2.29. The van der Waals surface area contributed by atoms with E-state index in [4.69, 9.17) is 0 Å². The van der Waals surface area contributed by atoms with E-state index in [9.17, 15) is 5.11 Å². The first kappa shape index (κ1) is 29.3. The van der Waals surface area contributed by atoms with Gasteiger partial charge in [0.1, 0.15) is 0 Å². The second-order valence-corrected chi connectivity index (χ2v) is 14.7. The molecule has 6 nitrogen and oxygen atoms in total. The number of nitrogens with zero attached hydrogens (tertiary/aromatic N) is 5. The van der Waals surface area contributed by atoms with Crippen LogP contribution in [0.1, 0.15) is 79.6 Å². The van der Waals surface area contributed by atoms with Crippen LogP contribution in [0.25, 0.3) is 0 Å². The van der Waals surface area contributed by atoms with Gasteiger partial charge in [0.15, 0.2) is 0 Å². The number of likely N-dealkylation sites (tertiary alicyclic amines) is 1. The molecular weight excluding hydrogens is 470 g/mol. The van der Waals surface area contributed by atoms with Gasteiger partial charge in [-0.2, -0.15) is 0 Å². The zero-order valence-corrected chi connectivity index (χ0v) is 25.8. The Labute approximate surface area is 235 Å². The van der Waals surface area contributed by atoms with Crippen LogP contribution in [0, 0.1) is 23.7 Å². The summed E-state index contributed by atoms with van der Waals surface area (Å²) in [6.45, 7) is 24.4. The quantitative estimate of drug-likeness (QED) is 0.596. The first-order chi connectivity index (χ1) is 18.1. The van der Waals surface area contributed by atoms with Crippen molar-refractivity contribution >= 4 is 0 Å². The molecule has 0 aromatic carbocycles. The molecular formula is C32H61N5O. The summed E-state index contributed by atoms with van der Waals surface area (Å²) >= 11 is 0. The van der Waals surface area contributed by atoms with E-state index in [2.05, 4.69) is 66.2 Å². The van der Waals surface area contributed by atoms with Crippen molar-refractivity contribution in [2.45, 2.75) is 109 Å². The predicted octanol–water partition coefficient (Wildman–Crippen LogP) is 3.69. The minimum absolute atomic E-state index is 0.464. The minimum atomic E-state index is -0.496. The molecule has 4 bridgehead atoms. The lowest BCUT2D eigenvalue weighted by molar-refractivity contribution is -0.0923. The molecule has 8 fully saturated rings. The molecule has 0 radical (unpaired) electrons. The maximum atomic E-state index is 11.7. The predicted molar refractivity (Wildman–Crippen MR) is 159 cm³/mol. The number of hydrogen-bond acceptors (Lipinski definition) is 6. The van der Waals surface area contributed by atoms with Gasteiger partial charge < -0.3 is 24.7 Å². The molecule has 0 aromatic heterocycles. The molecule has 8 rings (SSSR count). The van der Waals surface area contributed by atoms with E-state index in [0.29, 0.717) is 41.9 Å². The second kappa shape index (κ2) is 12.3. The topological polar surface area (TPSA) is 36.4 Å². The van der Waals surface area contributed by atoms with E-state index < -0.39 is 5.60 Å². The summed E-state index contributed by atoms with van der Waals surface area (Å²) in [5.74, 6) is 2.50. The van der Waals surface area contributed by atoms with Crippen LogP contribution in [0.3, 0.4) is 0 Å². The number of rotatable bonds is 4. The summed E-state index contributed by atoms with van der Waals surface area (Å²) in [6.07, 6.45) is 8.72. The standard InChI is InChI=1S/C32H61N5O/c1-24(2)37-20-19-34(22-27-7-13-33(6)14-8-27)23-31(37)30-21-25(3)35-15-9-28(10-16-35)32(5,38)29-11-17-36(18-12-29)26(30)4/h24-31,38H,7-23H2,1-6H3/t25?,26?,30?,31?,32-/m0/s1. The zero-order valence-electron chi connectivity index (χ0n) is 25.8. The van der Waals surface area contributed by atoms with Crippen LogP contribution in [0.2, 0.25) is 0 Å². The minimum Gasteiger partial charge on any atom is -0.390 e. The van der Waals surface area contributed by atoms with Crippen LogP contribution in [0.4, 0.5) is 0 Å². The number of piperazine rings is 1. The van der Waals surface area contributed by atoms with Crippen molar-refractivity contribution in [1.82, 2.24) is 24.5 Å². The van der Waals surface area contributed by atoms with Crippen LogP contribution in [0.5, 0.6) is 0 Å². The Morgan fingerprint density at radius 1 is 0.789 bits per heavy atom. The van der Waals surface area contributed by atoms with Gasteiger partial charge in [-0.3, -0.25) is 4.90 Å². The Bertz CT molecular complexity index is 736. The maximum Gasteiger partial charge on any atom is 0.0677 e. The Kier molecular flexibility index (Phi) is 9.49. The molecule has 6 heteroatoms. The lowest BCUT2D eigenvalue weighted by Gasteiger charge is -2.52. The normalized spacial score (nSPS) is 45.2. The smallest absolute Gasteiger partial charge is 0.0677 e. The van der Waals surface area contributed by atoms with Gasteiger partial charge in [0.25, 0.3) is 0 Å². The van der Waals surface area contributed by atoms with Gasteiger partial charge in [-0.15, -0.1) is 0 Å². The lowest BCUT2D eigenvalue weighted by Crippen LogP contribution is -2.62. The fourth-order valence-electron chi connectivity index (χ4n) is 9.32. The Morgan fingerprint density at radius 3 is 1.95 bits per heavy atom. The van der Waals surface area contributed by atoms with Crippen LogP contribution < -0.4 is 0 Å². The average Bonchev–Trinajstić information content (AvgIpc) is 2.93. The van der Waals surface area contributed by atoms with Gasteiger partial charge in [-0.25, -0.2) is 0 Å². The van der Waals surface area contributed by atoms with Crippen LogP contribution >= 0.6 is 0 Å². The van der Waals surface area contributed by atoms with Gasteiger partial charge >= 0.3 is 0 Å². The molecule has 0 aromatic rings. The molecule has 8 heterocycles. The van der Waals surface area contributed by atoms with Crippen LogP contribution in [0.15, 0.2) is 0 Å². The summed E-state index contributed by atoms with van der Waals surface area (Å²) in [5, 5.41) is 11.7. The van der Waals surface area contributed by atoms with Gasteiger partial charge in [0.05, 0.1) is 5.60 Å². The van der Waals surface area contributed by atoms with E-state index in [-0.39, 0.29) is 0 Å². The Morgan fingerprint density at radius 2 is 1.37 bits per heavy atom. The van der Waals surface area contributed by atoms with E-state index in [1.54, 1.807) is 0 Å². The molecule has 8 saturated heterocycles. The first-order valence-electron chi connectivity index (χ1n) is 16.5. The fraction of sp³-hybridized carbons (Fsp3) is 1.00. The third-order valence-corrected chi connectivity index (χ3v) is 12.2. The highest BCUT2D eigenvalue weighted by Gasteiger charge is 2.46. The fourth-order valence-corrected chi connectivity index (χ4v) is 9.32. The number of piperidine rings is 3. The molecule has 8 aliphatic rings. The Balaban J connectivity index is 1.37. The summed E-state index contributed by atoms with van der Waals surface area (Å²) in [4.78, 5) is 13.9. The summed E-state index contributed by atoms with van der Waals surface area (Å²) in [5.41, 5.74) is -0.496. The monoisotopic (exact) mass is 531 g/mol. The average molecular weight is 532 g/mol. The number of aliphatic hydroxyl groups is 1. The number of hydrogen-bond donors (Lipinski definition) is 1. The van der Waals surface area contributed by atoms with Crippen molar-refractivity contribution in [2.24, 2.45) is 23.7 Å². The van der Waals surface area contributed by atoms with Gasteiger partial charge in [0, 0.05) is 50.3 Å². The van der Waals surface area contributed by atoms with Gasteiger partial charge in [-0.1, -0.05) is 0 Å². The van der Waals surface area contributed by atoms with Crippen molar-refractivity contribution in [2.75, 3.05) is 72.5 Å². The zero-order chi connectivity index (χ0) is 27.0. The first-order valence-corrected chi connectivity index (χ1v) is 16.5. The maximum absolute atomic E-state index is 11.7. The highest BCUT2D eigenvalue weighted by atomic mass is 16.3. The molecule has 8 aliphatic heterocycles. The third-order valence-electron chi connectivity index (χ3n) is 12.2. The third kappa shape index (κ3) is 6.31. The van der Waals surface area contributed by atoms with Gasteiger partial charge in [-0.05, 0) is 150 Å². The van der Waals surface area contributed by atoms with Crippen molar-refractivity contribution < 1.29 is 5.11 Å². The largest absolute Gasteiger partial charge is 0.390 e. The highest BCUT2D eigenvalue weighted by Crippen LogP contribution is 2.41. The second-order valence-electron chi connectivity index (χ2n) is 14.7. The SMILES string of the molecule is CC1CC(C2CN(CC3CCN(C)CC3)CCN2C(C)C)C(C)N2CCC(CC2)[C@@](C)(O)C2CCN1CC2. The van der Waals surface area contributed by atoms with E-state index in [0.717, 1.165) is 19.0 Å². The molecule has 5 atom stereocenters. The molecule has 0 amide bonds. The summed E-state index contributed by atoms with van der Waals surface area (Å²) < 4.78 is 0. The van der Waals surface area contributed by atoms with Gasteiger partial charge in [0.2, 0.25) is 0 Å².